The highest BCUT2D eigenvalue weighted by atomic mass is 35.5. The van der Waals surface area contributed by atoms with Gasteiger partial charge < -0.3 is 5.32 Å². The van der Waals surface area contributed by atoms with Crippen molar-refractivity contribution < 1.29 is 4.79 Å². The van der Waals surface area contributed by atoms with Gasteiger partial charge in [0.1, 0.15) is 4.33 Å². The molecule has 0 spiro atoms. The highest BCUT2D eigenvalue weighted by molar-refractivity contribution is 6.52. The molecule has 0 saturated heterocycles. The van der Waals surface area contributed by atoms with Gasteiger partial charge in [-0.15, -0.1) is 23.2 Å². The van der Waals surface area contributed by atoms with Crippen LogP contribution in [0.5, 0.6) is 0 Å². The van der Waals surface area contributed by atoms with Gasteiger partial charge in [0.05, 0.1) is 24.0 Å². The minimum absolute atomic E-state index is 0.203. The van der Waals surface area contributed by atoms with E-state index >= 15 is 0 Å². The molecule has 2 aromatic rings. The summed E-state index contributed by atoms with van der Waals surface area (Å²) in [5, 5.41) is 2.71. The number of carbonyl (C=O) groups is 1. The average Bonchev–Trinajstić information content (AvgIpc) is 3.10. The molecule has 4 nitrogen and oxygen atoms in total. The third kappa shape index (κ3) is 2.76. The largest absolute Gasteiger partial charge is 0.323 e. The van der Waals surface area contributed by atoms with Crippen molar-refractivity contribution >= 4 is 34.8 Å². The molecule has 0 aliphatic heterocycles. The Hall–Kier alpha value is -1.65. The molecule has 1 unspecified atom stereocenters. The van der Waals surface area contributed by atoms with Crippen molar-refractivity contribution in [1.82, 2.24) is 9.97 Å². The number of nitrogens with zero attached hydrogens (tertiary/aromatic N) is 2. The molecule has 1 fully saturated rings. The maximum Gasteiger partial charge on any atom is 0.230 e. The lowest BCUT2D eigenvalue weighted by Gasteiger charge is -2.05. The van der Waals surface area contributed by atoms with E-state index in [1.54, 1.807) is 12.4 Å². The van der Waals surface area contributed by atoms with Crippen molar-refractivity contribution in [3.8, 4) is 11.4 Å². The van der Waals surface area contributed by atoms with Crippen LogP contribution in [0.2, 0.25) is 0 Å². The number of alkyl halides is 2. The van der Waals surface area contributed by atoms with E-state index in [1.165, 1.54) is 0 Å². The van der Waals surface area contributed by atoms with Crippen LogP contribution in [0, 0.1) is 5.92 Å². The lowest BCUT2D eigenvalue weighted by atomic mass is 10.2. The number of rotatable bonds is 3. The Labute approximate surface area is 126 Å². The predicted octanol–water partition coefficient (Wildman–Crippen LogP) is 3.28. The summed E-state index contributed by atoms with van der Waals surface area (Å²) in [5.41, 5.74) is 1.46. The van der Waals surface area contributed by atoms with E-state index in [0.717, 1.165) is 5.56 Å². The Morgan fingerprint density at radius 3 is 2.35 bits per heavy atom. The Morgan fingerprint density at radius 1 is 1.20 bits per heavy atom. The first-order chi connectivity index (χ1) is 9.56. The Kier molecular flexibility index (Phi) is 3.36. The number of hydrogen-bond acceptors (Lipinski definition) is 3. The van der Waals surface area contributed by atoms with Crippen LogP contribution in [0.25, 0.3) is 11.4 Å². The van der Waals surface area contributed by atoms with E-state index in [9.17, 15) is 4.79 Å². The van der Waals surface area contributed by atoms with Crippen molar-refractivity contribution in [3.05, 3.63) is 42.7 Å². The van der Waals surface area contributed by atoms with Crippen molar-refractivity contribution in [1.29, 1.82) is 0 Å². The normalized spacial score (nSPS) is 19.4. The second-order valence-corrected chi connectivity index (χ2v) is 6.21. The number of amides is 1. The topological polar surface area (TPSA) is 54.9 Å². The van der Waals surface area contributed by atoms with Crippen LogP contribution in [0.1, 0.15) is 6.42 Å². The lowest BCUT2D eigenvalue weighted by Crippen LogP contribution is -2.17. The summed E-state index contributed by atoms with van der Waals surface area (Å²) in [6.07, 6.45) is 3.62. The lowest BCUT2D eigenvalue weighted by molar-refractivity contribution is -0.117. The van der Waals surface area contributed by atoms with Crippen molar-refractivity contribution in [2.24, 2.45) is 5.92 Å². The third-order valence-electron chi connectivity index (χ3n) is 3.09. The molecule has 1 aliphatic rings. The van der Waals surface area contributed by atoms with Crippen molar-refractivity contribution in [2.45, 2.75) is 10.8 Å². The van der Waals surface area contributed by atoms with E-state index in [1.807, 2.05) is 30.3 Å². The number of nitrogens with one attached hydrogen (secondary N) is 1. The van der Waals surface area contributed by atoms with Gasteiger partial charge in [-0.25, -0.2) is 9.97 Å². The average molecular weight is 308 g/mol. The molecule has 3 rings (SSSR count). The minimum atomic E-state index is -0.922. The molecule has 20 heavy (non-hydrogen) atoms. The van der Waals surface area contributed by atoms with Gasteiger partial charge >= 0.3 is 0 Å². The van der Waals surface area contributed by atoms with Crippen molar-refractivity contribution in [3.63, 3.8) is 0 Å². The first-order valence-electron chi connectivity index (χ1n) is 6.12. The van der Waals surface area contributed by atoms with Crippen LogP contribution >= 0.6 is 23.2 Å². The quantitative estimate of drug-likeness (QED) is 0.885. The molecule has 0 radical (unpaired) electrons. The molecular weight excluding hydrogens is 297 g/mol. The van der Waals surface area contributed by atoms with Crippen LogP contribution in [0.3, 0.4) is 0 Å². The van der Waals surface area contributed by atoms with Crippen LogP contribution in [0.15, 0.2) is 42.7 Å². The summed E-state index contributed by atoms with van der Waals surface area (Å²) in [6, 6.07) is 9.61. The zero-order valence-corrected chi connectivity index (χ0v) is 11.9. The molecule has 1 amide bonds. The SMILES string of the molecule is O=C(Nc1cnc(-c2ccccc2)nc1)C1CC1(Cl)Cl. The molecule has 1 aromatic carbocycles. The standard InChI is InChI=1S/C14H11Cl2N3O/c15-14(16)6-11(14)13(20)19-10-7-17-12(18-8-10)9-4-2-1-3-5-9/h1-5,7-8,11H,6H2,(H,19,20). The van der Waals surface area contributed by atoms with Gasteiger partial charge in [0.15, 0.2) is 5.82 Å². The molecule has 1 aliphatic carbocycles. The summed E-state index contributed by atoms with van der Waals surface area (Å²) in [6.45, 7) is 0. The fourth-order valence-corrected chi connectivity index (χ4v) is 2.36. The third-order valence-corrected chi connectivity index (χ3v) is 3.93. The smallest absolute Gasteiger partial charge is 0.230 e. The van der Waals surface area contributed by atoms with Crippen LogP contribution in [0.4, 0.5) is 5.69 Å². The maximum atomic E-state index is 11.8. The number of carbonyl (C=O) groups excluding carboxylic acids is 1. The zero-order chi connectivity index (χ0) is 14.2. The molecule has 102 valence electrons. The summed E-state index contributed by atoms with van der Waals surface area (Å²) in [4.78, 5) is 20.3. The van der Waals surface area contributed by atoms with E-state index in [-0.39, 0.29) is 11.8 Å². The van der Waals surface area contributed by atoms with Crippen LogP contribution in [-0.4, -0.2) is 20.2 Å². The summed E-state index contributed by atoms with van der Waals surface area (Å²) in [5.74, 6) is 0.0461. The fourth-order valence-electron chi connectivity index (χ4n) is 1.86. The zero-order valence-electron chi connectivity index (χ0n) is 10.4. The fraction of sp³-hybridized carbons (Fsp3) is 0.214. The number of halogens is 2. The van der Waals surface area contributed by atoms with Gasteiger partial charge in [0, 0.05) is 5.56 Å². The number of hydrogen-bond donors (Lipinski definition) is 1. The number of anilines is 1. The van der Waals surface area contributed by atoms with Gasteiger partial charge in [0.25, 0.3) is 0 Å². The van der Waals surface area contributed by atoms with E-state index in [4.69, 9.17) is 23.2 Å². The Morgan fingerprint density at radius 2 is 1.80 bits per heavy atom. The molecular formula is C14H11Cl2N3O. The summed E-state index contributed by atoms with van der Waals surface area (Å²) >= 11 is 11.7. The minimum Gasteiger partial charge on any atom is -0.323 e. The molecule has 0 bridgehead atoms. The van der Waals surface area contributed by atoms with E-state index in [2.05, 4.69) is 15.3 Å². The summed E-state index contributed by atoms with van der Waals surface area (Å²) in [7, 11) is 0. The molecule has 1 N–H and O–H groups in total. The number of aromatic nitrogens is 2. The first kappa shape index (κ1) is 13.3. The predicted molar refractivity (Wildman–Crippen MR) is 78.6 cm³/mol. The highest BCUT2D eigenvalue weighted by Gasteiger charge is 2.56. The monoisotopic (exact) mass is 307 g/mol. The molecule has 1 atom stereocenters. The Balaban J connectivity index is 1.69. The van der Waals surface area contributed by atoms with E-state index < -0.39 is 4.33 Å². The molecule has 6 heteroatoms. The second kappa shape index (κ2) is 5.04. The number of benzene rings is 1. The van der Waals surface area contributed by atoms with Crippen LogP contribution < -0.4 is 5.32 Å². The summed E-state index contributed by atoms with van der Waals surface area (Å²) < 4.78 is -0.922. The first-order valence-corrected chi connectivity index (χ1v) is 6.88. The van der Waals surface area contributed by atoms with Crippen molar-refractivity contribution in [2.75, 3.05) is 5.32 Å². The van der Waals surface area contributed by atoms with Gasteiger partial charge in [-0.2, -0.15) is 0 Å². The molecule has 1 heterocycles. The van der Waals surface area contributed by atoms with Gasteiger partial charge in [-0.05, 0) is 6.42 Å². The molecule has 1 aromatic heterocycles. The van der Waals surface area contributed by atoms with E-state index in [0.29, 0.717) is 17.9 Å². The van der Waals surface area contributed by atoms with Gasteiger partial charge in [-0.1, -0.05) is 30.3 Å². The van der Waals surface area contributed by atoms with Crippen LogP contribution in [-0.2, 0) is 4.79 Å². The second-order valence-electron chi connectivity index (χ2n) is 4.67. The molecule has 1 saturated carbocycles. The van der Waals surface area contributed by atoms with Gasteiger partial charge in [-0.3, -0.25) is 4.79 Å². The maximum absolute atomic E-state index is 11.8. The highest BCUT2D eigenvalue weighted by Crippen LogP contribution is 2.53. The van der Waals surface area contributed by atoms with Gasteiger partial charge in [0.2, 0.25) is 5.91 Å². The Bertz CT molecular complexity index is 629.